The van der Waals surface area contributed by atoms with Gasteiger partial charge >= 0.3 is 0 Å². The van der Waals surface area contributed by atoms with E-state index in [9.17, 15) is 0 Å². The second kappa shape index (κ2) is 5.80. The van der Waals surface area contributed by atoms with Gasteiger partial charge in [-0.15, -0.1) is 0 Å². The van der Waals surface area contributed by atoms with Crippen LogP contribution in [0.1, 0.15) is 33.1 Å². The van der Waals surface area contributed by atoms with Crippen molar-refractivity contribution in [1.82, 2.24) is 0 Å². The van der Waals surface area contributed by atoms with Crippen molar-refractivity contribution in [1.29, 1.82) is 0 Å². The molecule has 1 unspecified atom stereocenters. The van der Waals surface area contributed by atoms with Gasteiger partial charge in [-0.05, 0) is 19.3 Å². The summed E-state index contributed by atoms with van der Waals surface area (Å²) in [7, 11) is 0. The van der Waals surface area contributed by atoms with Crippen LogP contribution < -0.4 is 11.5 Å². The normalized spacial score (nSPS) is 24.0. The van der Waals surface area contributed by atoms with Crippen LogP contribution in [-0.2, 0) is 9.47 Å². The average Bonchev–Trinajstić information content (AvgIpc) is 2.20. The standard InChI is InChI=1S/C11H24N2O2/c1-11(2)7-14-10(15-8-11)5-3-4-9(13)6-12/h9-10H,3-8,12-13H2,1-2H3. The lowest BCUT2D eigenvalue weighted by Crippen LogP contribution is -2.38. The summed E-state index contributed by atoms with van der Waals surface area (Å²) < 4.78 is 11.2. The number of hydrogen-bond donors (Lipinski definition) is 2. The quantitative estimate of drug-likeness (QED) is 0.714. The number of ether oxygens (including phenoxy) is 2. The lowest BCUT2D eigenvalue weighted by molar-refractivity contribution is -0.224. The molecule has 1 fully saturated rings. The lowest BCUT2D eigenvalue weighted by Gasteiger charge is -2.34. The smallest absolute Gasteiger partial charge is 0.157 e. The fraction of sp³-hybridized carbons (Fsp3) is 1.00. The number of hydrogen-bond acceptors (Lipinski definition) is 4. The van der Waals surface area contributed by atoms with E-state index in [1.54, 1.807) is 0 Å². The third-order valence-corrected chi connectivity index (χ3v) is 2.64. The molecule has 1 aliphatic heterocycles. The summed E-state index contributed by atoms with van der Waals surface area (Å²) in [5.74, 6) is 0. The third-order valence-electron chi connectivity index (χ3n) is 2.64. The highest BCUT2D eigenvalue weighted by molar-refractivity contribution is 4.71. The van der Waals surface area contributed by atoms with Gasteiger partial charge in [-0.1, -0.05) is 13.8 Å². The molecule has 1 heterocycles. The molecule has 4 heteroatoms. The molecule has 0 aromatic carbocycles. The second-order valence-corrected chi connectivity index (χ2v) is 5.14. The van der Waals surface area contributed by atoms with E-state index >= 15 is 0 Å². The monoisotopic (exact) mass is 216 g/mol. The fourth-order valence-corrected chi connectivity index (χ4v) is 1.56. The van der Waals surface area contributed by atoms with Crippen molar-refractivity contribution in [3.05, 3.63) is 0 Å². The van der Waals surface area contributed by atoms with Crippen LogP contribution in [-0.4, -0.2) is 32.1 Å². The summed E-state index contributed by atoms with van der Waals surface area (Å²) >= 11 is 0. The summed E-state index contributed by atoms with van der Waals surface area (Å²) in [6.45, 7) is 6.40. The van der Waals surface area contributed by atoms with Crippen molar-refractivity contribution in [3.63, 3.8) is 0 Å². The van der Waals surface area contributed by atoms with Crippen LogP contribution in [0.2, 0.25) is 0 Å². The Hall–Kier alpha value is -0.160. The first-order valence-electron chi connectivity index (χ1n) is 5.72. The Bertz CT molecular complexity index is 175. The summed E-state index contributed by atoms with van der Waals surface area (Å²) in [6.07, 6.45) is 2.85. The molecule has 0 radical (unpaired) electrons. The molecule has 1 rings (SSSR count). The van der Waals surface area contributed by atoms with Crippen molar-refractivity contribution in [3.8, 4) is 0 Å². The predicted octanol–water partition coefficient (Wildman–Crippen LogP) is 0.842. The molecule has 1 saturated heterocycles. The molecule has 90 valence electrons. The van der Waals surface area contributed by atoms with Crippen molar-refractivity contribution in [2.24, 2.45) is 16.9 Å². The van der Waals surface area contributed by atoms with Gasteiger partial charge in [0.15, 0.2) is 6.29 Å². The molecule has 0 spiro atoms. The van der Waals surface area contributed by atoms with Crippen LogP contribution in [0.5, 0.6) is 0 Å². The molecular weight excluding hydrogens is 192 g/mol. The molecule has 1 atom stereocenters. The second-order valence-electron chi connectivity index (χ2n) is 5.14. The minimum absolute atomic E-state index is 0.0389. The van der Waals surface area contributed by atoms with Crippen molar-refractivity contribution in [2.75, 3.05) is 19.8 Å². The molecule has 0 aromatic heterocycles. The van der Waals surface area contributed by atoms with Crippen molar-refractivity contribution >= 4 is 0 Å². The topological polar surface area (TPSA) is 70.5 Å². The van der Waals surface area contributed by atoms with Crippen LogP contribution in [0.25, 0.3) is 0 Å². The fourth-order valence-electron chi connectivity index (χ4n) is 1.56. The van der Waals surface area contributed by atoms with E-state index in [4.69, 9.17) is 20.9 Å². The van der Waals surface area contributed by atoms with Crippen molar-refractivity contribution in [2.45, 2.75) is 45.4 Å². The zero-order valence-electron chi connectivity index (χ0n) is 9.87. The summed E-state index contributed by atoms with van der Waals surface area (Å²) in [5.41, 5.74) is 11.3. The highest BCUT2D eigenvalue weighted by Gasteiger charge is 2.27. The maximum Gasteiger partial charge on any atom is 0.157 e. The Labute approximate surface area is 92.3 Å². The molecule has 1 aliphatic rings. The van der Waals surface area contributed by atoms with Gasteiger partial charge in [-0.3, -0.25) is 0 Å². The minimum atomic E-state index is -0.0389. The lowest BCUT2D eigenvalue weighted by atomic mass is 9.95. The maximum atomic E-state index is 5.73. The highest BCUT2D eigenvalue weighted by Crippen LogP contribution is 2.24. The van der Waals surface area contributed by atoms with Gasteiger partial charge in [-0.25, -0.2) is 0 Å². The van der Waals surface area contributed by atoms with E-state index in [0.717, 1.165) is 32.5 Å². The van der Waals surface area contributed by atoms with Gasteiger partial charge < -0.3 is 20.9 Å². The first kappa shape index (κ1) is 12.9. The molecule has 0 aliphatic carbocycles. The van der Waals surface area contributed by atoms with Gasteiger partial charge in [0.2, 0.25) is 0 Å². The molecule has 15 heavy (non-hydrogen) atoms. The predicted molar refractivity (Wildman–Crippen MR) is 60.4 cm³/mol. The van der Waals surface area contributed by atoms with E-state index in [2.05, 4.69) is 13.8 Å². The Morgan fingerprint density at radius 2 is 1.93 bits per heavy atom. The first-order valence-corrected chi connectivity index (χ1v) is 5.72. The summed E-state index contributed by atoms with van der Waals surface area (Å²) in [6, 6.07) is 0.116. The number of rotatable bonds is 5. The van der Waals surface area contributed by atoms with Crippen LogP contribution in [0.3, 0.4) is 0 Å². The van der Waals surface area contributed by atoms with Gasteiger partial charge in [0.1, 0.15) is 0 Å². The third kappa shape index (κ3) is 4.93. The Morgan fingerprint density at radius 1 is 1.33 bits per heavy atom. The van der Waals surface area contributed by atoms with E-state index < -0.39 is 0 Å². The summed E-state index contributed by atoms with van der Waals surface area (Å²) in [4.78, 5) is 0. The van der Waals surface area contributed by atoms with Crippen LogP contribution >= 0.6 is 0 Å². The Balaban J connectivity index is 2.09. The minimum Gasteiger partial charge on any atom is -0.352 e. The molecule has 4 N–H and O–H groups in total. The molecule has 0 aromatic rings. The molecular formula is C11H24N2O2. The van der Waals surface area contributed by atoms with Crippen molar-refractivity contribution < 1.29 is 9.47 Å². The van der Waals surface area contributed by atoms with Gasteiger partial charge in [0.25, 0.3) is 0 Å². The van der Waals surface area contributed by atoms with Gasteiger partial charge in [0.05, 0.1) is 13.2 Å². The molecule has 0 bridgehead atoms. The SMILES string of the molecule is CC1(C)COC(CCCC(N)CN)OC1. The number of nitrogens with two attached hydrogens (primary N) is 2. The highest BCUT2D eigenvalue weighted by atomic mass is 16.7. The summed E-state index contributed by atoms with van der Waals surface area (Å²) in [5, 5.41) is 0. The van der Waals surface area contributed by atoms with Gasteiger partial charge in [0, 0.05) is 18.0 Å². The largest absolute Gasteiger partial charge is 0.352 e. The molecule has 4 nitrogen and oxygen atoms in total. The Kier molecular flexibility index (Phi) is 4.99. The zero-order chi connectivity index (χ0) is 11.3. The zero-order valence-corrected chi connectivity index (χ0v) is 9.87. The van der Waals surface area contributed by atoms with Gasteiger partial charge in [-0.2, -0.15) is 0 Å². The average molecular weight is 216 g/mol. The molecule has 0 amide bonds. The van der Waals surface area contributed by atoms with E-state index in [0.29, 0.717) is 6.54 Å². The van der Waals surface area contributed by atoms with Crippen LogP contribution in [0.4, 0.5) is 0 Å². The Morgan fingerprint density at radius 3 is 2.47 bits per heavy atom. The first-order chi connectivity index (χ1) is 7.03. The maximum absolute atomic E-state index is 5.73. The van der Waals surface area contributed by atoms with E-state index in [1.165, 1.54) is 0 Å². The van der Waals surface area contributed by atoms with E-state index in [1.807, 2.05) is 0 Å². The molecule has 0 saturated carbocycles. The van der Waals surface area contributed by atoms with E-state index in [-0.39, 0.29) is 17.7 Å². The van der Waals surface area contributed by atoms with Crippen LogP contribution in [0.15, 0.2) is 0 Å². The van der Waals surface area contributed by atoms with Crippen LogP contribution in [0, 0.1) is 5.41 Å².